The molecular formula is C26H27N3O2. The van der Waals surface area contributed by atoms with Crippen molar-refractivity contribution in [3.8, 4) is 11.3 Å². The summed E-state index contributed by atoms with van der Waals surface area (Å²) in [6.45, 7) is 5.66. The van der Waals surface area contributed by atoms with Gasteiger partial charge in [0.1, 0.15) is 5.69 Å². The van der Waals surface area contributed by atoms with Gasteiger partial charge in [0, 0.05) is 35.0 Å². The summed E-state index contributed by atoms with van der Waals surface area (Å²) in [4.78, 5) is 21.3. The molecule has 1 saturated heterocycles. The highest BCUT2D eigenvalue weighted by atomic mass is 16.5. The zero-order valence-corrected chi connectivity index (χ0v) is 17.9. The molecular weight excluding hydrogens is 386 g/mol. The summed E-state index contributed by atoms with van der Waals surface area (Å²) in [6, 6.07) is 18.5. The maximum atomic E-state index is 13.0. The second-order valence-electron chi connectivity index (χ2n) is 8.57. The summed E-state index contributed by atoms with van der Waals surface area (Å²) < 4.78 is 5.64. The van der Waals surface area contributed by atoms with Crippen molar-refractivity contribution < 1.29 is 9.53 Å². The summed E-state index contributed by atoms with van der Waals surface area (Å²) >= 11 is 0. The number of benzene rings is 2. The number of fused-ring (bicyclic) bond motifs is 3. The largest absolute Gasteiger partial charge is 0.376 e. The van der Waals surface area contributed by atoms with Gasteiger partial charge in [-0.1, -0.05) is 56.3 Å². The van der Waals surface area contributed by atoms with Crippen LogP contribution in [-0.2, 0) is 4.74 Å². The lowest BCUT2D eigenvalue weighted by Crippen LogP contribution is -2.32. The normalized spacial score (nSPS) is 16.4. The Morgan fingerprint density at radius 2 is 1.97 bits per heavy atom. The van der Waals surface area contributed by atoms with Crippen LogP contribution in [0.3, 0.4) is 0 Å². The molecule has 3 heterocycles. The molecule has 4 aromatic rings. The summed E-state index contributed by atoms with van der Waals surface area (Å²) in [5.41, 5.74) is 5.49. The molecule has 0 bridgehead atoms. The van der Waals surface area contributed by atoms with Gasteiger partial charge in [0.2, 0.25) is 0 Å². The van der Waals surface area contributed by atoms with E-state index in [1.807, 2.05) is 18.2 Å². The van der Waals surface area contributed by atoms with Gasteiger partial charge in [-0.05, 0) is 36.5 Å². The number of nitrogens with zero attached hydrogens (tertiary/aromatic N) is 1. The number of rotatable bonds is 5. The first-order chi connectivity index (χ1) is 15.1. The van der Waals surface area contributed by atoms with E-state index in [1.165, 1.54) is 5.56 Å². The Labute approximate surface area is 181 Å². The smallest absolute Gasteiger partial charge is 0.270 e. The number of hydrogen-bond acceptors (Lipinski definition) is 3. The Morgan fingerprint density at radius 1 is 1.16 bits per heavy atom. The van der Waals surface area contributed by atoms with Crippen molar-refractivity contribution in [3.05, 3.63) is 65.9 Å². The number of aromatic amines is 1. The van der Waals surface area contributed by atoms with E-state index in [2.05, 4.69) is 60.5 Å². The van der Waals surface area contributed by atoms with Gasteiger partial charge in [0.15, 0.2) is 0 Å². The number of carbonyl (C=O) groups excluding carboxylic acids is 1. The van der Waals surface area contributed by atoms with Gasteiger partial charge in [-0.25, -0.2) is 4.98 Å². The van der Waals surface area contributed by atoms with Gasteiger partial charge < -0.3 is 15.0 Å². The monoisotopic (exact) mass is 413 g/mol. The molecule has 1 atom stereocenters. The molecule has 2 aromatic heterocycles. The fraction of sp³-hybridized carbons (Fsp3) is 0.308. The standard InChI is InChI=1S/C26H27N3O2/c1-16(2)17-9-11-18(12-10-17)24-25-21(20-7-3-4-8-22(20)28-25)14-23(29-24)26(30)27-15-19-6-5-13-31-19/h3-4,7-12,14,16,19,28H,5-6,13,15H2,1-2H3,(H,27,30). The van der Waals surface area contributed by atoms with Crippen molar-refractivity contribution in [1.29, 1.82) is 0 Å². The second kappa shape index (κ2) is 8.16. The Hall–Kier alpha value is -3.18. The average molecular weight is 414 g/mol. The third kappa shape index (κ3) is 3.81. The topological polar surface area (TPSA) is 67.0 Å². The predicted octanol–water partition coefficient (Wildman–Crippen LogP) is 5.42. The van der Waals surface area contributed by atoms with Crippen molar-refractivity contribution >= 4 is 27.7 Å². The Bertz CT molecular complexity index is 1230. The van der Waals surface area contributed by atoms with Crippen LogP contribution in [0.1, 0.15) is 48.7 Å². The van der Waals surface area contributed by atoms with Crippen molar-refractivity contribution in [2.24, 2.45) is 0 Å². The number of pyridine rings is 1. The Kier molecular flexibility index (Phi) is 5.20. The van der Waals surface area contributed by atoms with Crippen LogP contribution in [0.25, 0.3) is 33.1 Å². The predicted molar refractivity (Wildman–Crippen MR) is 124 cm³/mol. The van der Waals surface area contributed by atoms with Crippen molar-refractivity contribution in [3.63, 3.8) is 0 Å². The lowest BCUT2D eigenvalue weighted by molar-refractivity contribution is 0.0854. The highest BCUT2D eigenvalue weighted by Gasteiger charge is 2.20. The first-order valence-corrected chi connectivity index (χ1v) is 11.0. The third-order valence-corrected chi connectivity index (χ3v) is 6.09. The minimum absolute atomic E-state index is 0.101. The Morgan fingerprint density at radius 3 is 2.71 bits per heavy atom. The molecule has 1 unspecified atom stereocenters. The second-order valence-corrected chi connectivity index (χ2v) is 8.57. The van der Waals surface area contributed by atoms with Crippen molar-refractivity contribution in [1.82, 2.24) is 15.3 Å². The molecule has 31 heavy (non-hydrogen) atoms. The van der Waals surface area contributed by atoms with Gasteiger partial charge >= 0.3 is 0 Å². The van der Waals surface area contributed by atoms with Crippen LogP contribution in [0.5, 0.6) is 0 Å². The van der Waals surface area contributed by atoms with Gasteiger partial charge in [-0.3, -0.25) is 4.79 Å². The van der Waals surface area contributed by atoms with E-state index in [0.717, 1.165) is 52.5 Å². The first kappa shape index (κ1) is 19.8. The number of para-hydroxylation sites is 1. The number of hydrogen-bond donors (Lipinski definition) is 2. The molecule has 158 valence electrons. The third-order valence-electron chi connectivity index (χ3n) is 6.09. The van der Waals surface area contributed by atoms with Crippen LogP contribution in [0.4, 0.5) is 0 Å². The van der Waals surface area contributed by atoms with Crippen LogP contribution in [0, 0.1) is 0 Å². The molecule has 0 saturated carbocycles. The van der Waals surface area contributed by atoms with E-state index in [9.17, 15) is 4.79 Å². The minimum atomic E-state index is -0.164. The molecule has 2 aromatic carbocycles. The van der Waals surface area contributed by atoms with E-state index in [1.54, 1.807) is 0 Å². The summed E-state index contributed by atoms with van der Waals surface area (Å²) in [6.07, 6.45) is 2.14. The van der Waals surface area contributed by atoms with E-state index < -0.39 is 0 Å². The number of H-pyrrole nitrogens is 1. The summed E-state index contributed by atoms with van der Waals surface area (Å²) in [5.74, 6) is 0.299. The quantitative estimate of drug-likeness (QED) is 0.459. The molecule has 0 radical (unpaired) electrons. The van der Waals surface area contributed by atoms with Gasteiger partial charge in [0.05, 0.1) is 17.3 Å². The molecule has 1 aliphatic heterocycles. The molecule has 0 spiro atoms. The fourth-order valence-corrected chi connectivity index (χ4v) is 4.30. The number of ether oxygens (including phenoxy) is 1. The van der Waals surface area contributed by atoms with E-state index >= 15 is 0 Å². The maximum absolute atomic E-state index is 13.0. The maximum Gasteiger partial charge on any atom is 0.270 e. The van der Waals surface area contributed by atoms with Crippen LogP contribution < -0.4 is 5.32 Å². The molecule has 5 heteroatoms. The SMILES string of the molecule is CC(C)c1ccc(-c2nc(C(=O)NCC3CCCO3)cc3c2[nH]c2ccccc23)cc1. The zero-order valence-electron chi connectivity index (χ0n) is 17.9. The zero-order chi connectivity index (χ0) is 21.4. The molecule has 0 aliphatic carbocycles. The van der Waals surface area contributed by atoms with Gasteiger partial charge in [-0.15, -0.1) is 0 Å². The molecule has 1 fully saturated rings. The molecule has 5 nitrogen and oxygen atoms in total. The molecule has 2 N–H and O–H groups in total. The average Bonchev–Trinajstić information content (AvgIpc) is 3.44. The Balaban J connectivity index is 1.59. The minimum Gasteiger partial charge on any atom is -0.376 e. The molecule has 1 amide bonds. The number of amides is 1. The van der Waals surface area contributed by atoms with E-state index in [0.29, 0.717) is 18.2 Å². The van der Waals surface area contributed by atoms with Crippen molar-refractivity contribution in [2.45, 2.75) is 38.7 Å². The molecule has 1 aliphatic rings. The van der Waals surface area contributed by atoms with E-state index in [4.69, 9.17) is 9.72 Å². The molecule has 5 rings (SSSR count). The highest BCUT2D eigenvalue weighted by Crippen LogP contribution is 2.33. The van der Waals surface area contributed by atoms with Crippen LogP contribution in [0.15, 0.2) is 54.6 Å². The van der Waals surface area contributed by atoms with E-state index in [-0.39, 0.29) is 12.0 Å². The van der Waals surface area contributed by atoms with Crippen molar-refractivity contribution in [2.75, 3.05) is 13.2 Å². The van der Waals surface area contributed by atoms with Crippen LogP contribution in [0.2, 0.25) is 0 Å². The number of aromatic nitrogens is 2. The lowest BCUT2D eigenvalue weighted by atomic mass is 9.99. The summed E-state index contributed by atoms with van der Waals surface area (Å²) in [5, 5.41) is 5.11. The first-order valence-electron chi connectivity index (χ1n) is 11.0. The number of nitrogens with one attached hydrogen (secondary N) is 2. The fourth-order valence-electron chi connectivity index (χ4n) is 4.30. The van der Waals surface area contributed by atoms with Gasteiger partial charge in [-0.2, -0.15) is 0 Å². The number of carbonyl (C=O) groups is 1. The van der Waals surface area contributed by atoms with Crippen LogP contribution in [-0.4, -0.2) is 35.1 Å². The van der Waals surface area contributed by atoms with Crippen LogP contribution >= 0.6 is 0 Å². The lowest BCUT2D eigenvalue weighted by Gasteiger charge is -2.12. The summed E-state index contributed by atoms with van der Waals surface area (Å²) in [7, 11) is 0. The van der Waals surface area contributed by atoms with Gasteiger partial charge in [0.25, 0.3) is 5.91 Å². The highest BCUT2D eigenvalue weighted by molar-refractivity contribution is 6.13.